The average molecular weight is 405 g/mol. The molecule has 1 atom stereocenters. The van der Waals surface area contributed by atoms with Crippen LogP contribution in [0, 0.1) is 6.92 Å². The minimum Gasteiger partial charge on any atom is -0.324 e. The van der Waals surface area contributed by atoms with Crippen LogP contribution < -0.4 is 10.6 Å². The smallest absolute Gasteiger partial charge is 0.227 e. The molecule has 0 bridgehead atoms. The molecule has 4 rings (SSSR count). The SMILES string of the molecule is CCCCC1NCCc2cc(Nc3ncc(C)c(-c4cnn(C(C)C)c4)n3)ccc21. The zero-order chi connectivity index (χ0) is 21.1. The average Bonchev–Trinajstić information content (AvgIpc) is 3.24. The Morgan fingerprint density at radius 3 is 2.90 bits per heavy atom. The highest BCUT2D eigenvalue weighted by atomic mass is 15.3. The second-order valence-corrected chi connectivity index (χ2v) is 8.47. The van der Waals surface area contributed by atoms with Gasteiger partial charge < -0.3 is 10.6 Å². The maximum absolute atomic E-state index is 4.79. The Bertz CT molecular complexity index is 1010. The van der Waals surface area contributed by atoms with Gasteiger partial charge in [-0.15, -0.1) is 0 Å². The second-order valence-electron chi connectivity index (χ2n) is 8.47. The van der Waals surface area contributed by atoms with E-state index >= 15 is 0 Å². The van der Waals surface area contributed by atoms with E-state index in [1.807, 2.05) is 30.2 Å². The van der Waals surface area contributed by atoms with Gasteiger partial charge >= 0.3 is 0 Å². The summed E-state index contributed by atoms with van der Waals surface area (Å²) in [6, 6.07) is 7.46. The summed E-state index contributed by atoms with van der Waals surface area (Å²) in [5, 5.41) is 11.5. The number of nitrogens with one attached hydrogen (secondary N) is 2. The van der Waals surface area contributed by atoms with Gasteiger partial charge in [-0.25, -0.2) is 9.97 Å². The van der Waals surface area contributed by atoms with Gasteiger partial charge in [0.1, 0.15) is 0 Å². The minimum atomic E-state index is 0.324. The van der Waals surface area contributed by atoms with Crippen LogP contribution in [0.15, 0.2) is 36.8 Å². The number of aryl methyl sites for hydroxylation is 1. The minimum absolute atomic E-state index is 0.324. The van der Waals surface area contributed by atoms with Crippen molar-refractivity contribution in [1.82, 2.24) is 25.1 Å². The summed E-state index contributed by atoms with van der Waals surface area (Å²) in [5.41, 5.74) is 6.87. The number of hydrogen-bond donors (Lipinski definition) is 2. The van der Waals surface area contributed by atoms with Crippen LogP contribution in [-0.2, 0) is 6.42 Å². The molecule has 0 spiro atoms. The van der Waals surface area contributed by atoms with Crippen LogP contribution in [-0.4, -0.2) is 26.3 Å². The molecule has 3 heterocycles. The van der Waals surface area contributed by atoms with Crippen LogP contribution in [0.1, 0.15) is 68.8 Å². The summed E-state index contributed by atoms with van der Waals surface area (Å²) in [6.07, 6.45) is 10.5. The number of benzene rings is 1. The van der Waals surface area contributed by atoms with Crippen LogP contribution in [0.4, 0.5) is 11.6 Å². The summed E-state index contributed by atoms with van der Waals surface area (Å²) in [6.45, 7) is 9.56. The standard InChI is InChI=1S/C24H32N6/c1-5-6-7-22-21-9-8-20(12-18(21)10-11-25-22)28-24-26-13-17(4)23(29-24)19-14-27-30(15-19)16(2)3/h8-9,12-16,22,25H,5-7,10-11H2,1-4H3,(H,26,28,29). The van der Waals surface area contributed by atoms with Crippen LogP contribution in [0.5, 0.6) is 0 Å². The van der Waals surface area contributed by atoms with Crippen molar-refractivity contribution in [3.05, 3.63) is 53.5 Å². The van der Waals surface area contributed by atoms with E-state index in [0.717, 1.165) is 35.5 Å². The highest BCUT2D eigenvalue weighted by molar-refractivity contribution is 5.64. The monoisotopic (exact) mass is 404 g/mol. The first-order chi connectivity index (χ1) is 14.5. The largest absolute Gasteiger partial charge is 0.324 e. The molecule has 158 valence electrons. The van der Waals surface area contributed by atoms with Crippen LogP contribution >= 0.6 is 0 Å². The van der Waals surface area contributed by atoms with E-state index in [1.165, 1.54) is 30.4 Å². The molecule has 1 aromatic carbocycles. The second kappa shape index (κ2) is 8.96. The number of fused-ring (bicyclic) bond motifs is 1. The Morgan fingerprint density at radius 2 is 2.13 bits per heavy atom. The Kier molecular flexibility index (Phi) is 6.13. The van der Waals surface area contributed by atoms with Gasteiger partial charge in [0.2, 0.25) is 5.95 Å². The van der Waals surface area contributed by atoms with Gasteiger partial charge in [0, 0.05) is 35.7 Å². The molecular formula is C24H32N6. The van der Waals surface area contributed by atoms with Crippen molar-refractivity contribution in [2.24, 2.45) is 0 Å². The molecule has 2 N–H and O–H groups in total. The van der Waals surface area contributed by atoms with E-state index in [1.54, 1.807) is 0 Å². The number of unbranched alkanes of at least 4 members (excludes halogenated alkanes) is 1. The van der Waals surface area contributed by atoms with Crippen molar-refractivity contribution in [3.63, 3.8) is 0 Å². The van der Waals surface area contributed by atoms with E-state index in [2.05, 4.69) is 59.7 Å². The molecule has 1 aliphatic heterocycles. The molecule has 30 heavy (non-hydrogen) atoms. The van der Waals surface area contributed by atoms with Crippen molar-refractivity contribution in [2.75, 3.05) is 11.9 Å². The number of aromatic nitrogens is 4. The molecule has 0 saturated heterocycles. The lowest BCUT2D eigenvalue weighted by Gasteiger charge is -2.27. The maximum Gasteiger partial charge on any atom is 0.227 e. The molecule has 1 aliphatic rings. The van der Waals surface area contributed by atoms with Gasteiger partial charge in [-0.05, 0) is 69.0 Å². The highest BCUT2D eigenvalue weighted by Crippen LogP contribution is 2.30. The zero-order valence-electron chi connectivity index (χ0n) is 18.4. The fourth-order valence-electron chi connectivity index (χ4n) is 4.06. The molecule has 3 aromatic rings. The molecule has 1 unspecified atom stereocenters. The van der Waals surface area contributed by atoms with Crippen molar-refractivity contribution in [1.29, 1.82) is 0 Å². The molecule has 6 heteroatoms. The molecule has 0 radical (unpaired) electrons. The van der Waals surface area contributed by atoms with Gasteiger partial charge in [-0.2, -0.15) is 5.10 Å². The fourth-order valence-corrected chi connectivity index (χ4v) is 4.06. The van der Waals surface area contributed by atoms with E-state index in [0.29, 0.717) is 18.0 Å². The first-order valence-corrected chi connectivity index (χ1v) is 11.1. The fraction of sp³-hybridized carbons (Fsp3) is 0.458. The van der Waals surface area contributed by atoms with Crippen LogP contribution in [0.2, 0.25) is 0 Å². The molecule has 0 aliphatic carbocycles. The lowest BCUT2D eigenvalue weighted by Crippen LogP contribution is -2.29. The first kappa shape index (κ1) is 20.5. The van der Waals surface area contributed by atoms with Gasteiger partial charge in [-0.3, -0.25) is 4.68 Å². The topological polar surface area (TPSA) is 67.7 Å². The van der Waals surface area contributed by atoms with Gasteiger partial charge in [0.15, 0.2) is 0 Å². The molecular weight excluding hydrogens is 372 g/mol. The molecule has 0 fully saturated rings. The normalized spacial score (nSPS) is 16.0. The van der Waals surface area contributed by atoms with Gasteiger partial charge in [0.25, 0.3) is 0 Å². The van der Waals surface area contributed by atoms with Gasteiger partial charge in [-0.1, -0.05) is 25.8 Å². The summed E-state index contributed by atoms with van der Waals surface area (Å²) in [7, 11) is 0. The van der Waals surface area contributed by atoms with Crippen molar-refractivity contribution >= 4 is 11.6 Å². The molecule has 0 saturated carbocycles. The summed E-state index contributed by atoms with van der Waals surface area (Å²) < 4.78 is 1.95. The summed E-state index contributed by atoms with van der Waals surface area (Å²) in [5.74, 6) is 0.615. The predicted octanol–water partition coefficient (Wildman–Crippen LogP) is 5.35. The Hall–Kier alpha value is -2.73. The lowest BCUT2D eigenvalue weighted by molar-refractivity contribution is 0.460. The number of anilines is 2. The van der Waals surface area contributed by atoms with E-state index < -0.39 is 0 Å². The van der Waals surface area contributed by atoms with E-state index in [4.69, 9.17) is 4.98 Å². The molecule has 0 amide bonds. The zero-order valence-corrected chi connectivity index (χ0v) is 18.4. The maximum atomic E-state index is 4.79. The highest BCUT2D eigenvalue weighted by Gasteiger charge is 2.19. The predicted molar refractivity (Wildman–Crippen MR) is 122 cm³/mol. The third-order valence-corrected chi connectivity index (χ3v) is 5.78. The summed E-state index contributed by atoms with van der Waals surface area (Å²) in [4.78, 5) is 9.30. The Labute approximate surface area is 179 Å². The van der Waals surface area contributed by atoms with Crippen molar-refractivity contribution in [3.8, 4) is 11.3 Å². The van der Waals surface area contributed by atoms with Crippen LogP contribution in [0.25, 0.3) is 11.3 Å². The number of nitrogens with zero attached hydrogens (tertiary/aromatic N) is 4. The Morgan fingerprint density at radius 1 is 1.27 bits per heavy atom. The molecule has 2 aromatic heterocycles. The van der Waals surface area contributed by atoms with Gasteiger partial charge in [0.05, 0.1) is 11.9 Å². The third kappa shape index (κ3) is 4.38. The number of rotatable bonds is 7. The van der Waals surface area contributed by atoms with E-state index in [-0.39, 0.29) is 0 Å². The van der Waals surface area contributed by atoms with Crippen molar-refractivity contribution in [2.45, 2.75) is 65.5 Å². The lowest BCUT2D eigenvalue weighted by atomic mass is 9.91. The quantitative estimate of drug-likeness (QED) is 0.556. The molecule has 6 nitrogen and oxygen atoms in total. The van der Waals surface area contributed by atoms with Crippen LogP contribution in [0.3, 0.4) is 0 Å². The van der Waals surface area contributed by atoms with E-state index in [9.17, 15) is 0 Å². The number of hydrogen-bond acceptors (Lipinski definition) is 5. The van der Waals surface area contributed by atoms with Crippen molar-refractivity contribution < 1.29 is 0 Å². The Balaban J connectivity index is 1.56. The first-order valence-electron chi connectivity index (χ1n) is 11.1. The summed E-state index contributed by atoms with van der Waals surface area (Å²) >= 11 is 0. The third-order valence-electron chi connectivity index (χ3n) is 5.78.